The summed E-state index contributed by atoms with van der Waals surface area (Å²) in [5, 5.41) is 7.86. The molecular weight excluding hydrogens is 262 g/mol. The summed E-state index contributed by atoms with van der Waals surface area (Å²) in [4.78, 5) is 18.7. The van der Waals surface area contributed by atoms with Gasteiger partial charge in [0.15, 0.2) is 11.2 Å². The number of aromatic amines is 1. The molecule has 0 radical (unpaired) electrons. The number of H-pyrrole nitrogens is 1. The van der Waals surface area contributed by atoms with Gasteiger partial charge >= 0.3 is 0 Å². The summed E-state index contributed by atoms with van der Waals surface area (Å²) in [5.74, 6) is 0.874. The summed E-state index contributed by atoms with van der Waals surface area (Å²) in [6.07, 6.45) is 0. The van der Waals surface area contributed by atoms with Crippen LogP contribution in [-0.4, -0.2) is 25.0 Å². The van der Waals surface area contributed by atoms with Gasteiger partial charge in [-0.3, -0.25) is 4.79 Å². The first-order valence-electron chi connectivity index (χ1n) is 5.75. The van der Waals surface area contributed by atoms with Gasteiger partial charge in [-0.15, -0.1) is 5.10 Å². The van der Waals surface area contributed by atoms with Crippen LogP contribution in [0.25, 0.3) is 11.2 Å². The fourth-order valence-corrected chi connectivity index (χ4v) is 2.00. The van der Waals surface area contributed by atoms with E-state index < -0.39 is 0 Å². The first-order chi connectivity index (χ1) is 9.28. The van der Waals surface area contributed by atoms with Crippen molar-refractivity contribution in [2.75, 3.05) is 0 Å². The molecule has 0 aliphatic rings. The van der Waals surface area contributed by atoms with Crippen molar-refractivity contribution < 1.29 is 0 Å². The van der Waals surface area contributed by atoms with Gasteiger partial charge in [-0.1, -0.05) is 35.5 Å². The number of nitrogens with zero attached hydrogens (tertiary/aromatic N) is 4. The smallest absolute Gasteiger partial charge is 0.281 e. The van der Waals surface area contributed by atoms with Gasteiger partial charge in [0.05, 0.1) is 6.54 Å². The van der Waals surface area contributed by atoms with Crippen molar-refractivity contribution >= 4 is 23.8 Å². The third kappa shape index (κ3) is 2.24. The Hall–Kier alpha value is -2.15. The van der Waals surface area contributed by atoms with E-state index in [4.69, 9.17) is 0 Å². The molecule has 2 aromatic heterocycles. The van der Waals surface area contributed by atoms with Gasteiger partial charge in [-0.05, 0) is 5.56 Å². The molecule has 7 heteroatoms. The van der Waals surface area contributed by atoms with Crippen LogP contribution in [0.15, 0.2) is 35.1 Å². The maximum atomic E-state index is 11.8. The van der Waals surface area contributed by atoms with Crippen LogP contribution in [0.3, 0.4) is 0 Å². The van der Waals surface area contributed by atoms with E-state index in [1.807, 2.05) is 30.3 Å². The standard InChI is InChI=1S/C12H11N5OS/c18-12-10-11(13-9(7-19)14-12)17(16-15-10)6-8-4-2-1-3-5-8/h1-5,19H,6-7H2,(H,13,14,18). The van der Waals surface area contributed by atoms with Gasteiger partial charge in [0.2, 0.25) is 0 Å². The van der Waals surface area contributed by atoms with Crippen molar-refractivity contribution in [2.24, 2.45) is 0 Å². The average Bonchev–Trinajstić information content (AvgIpc) is 2.83. The zero-order chi connectivity index (χ0) is 13.2. The largest absolute Gasteiger partial charge is 0.308 e. The molecule has 2 heterocycles. The fraction of sp³-hybridized carbons (Fsp3) is 0.167. The lowest BCUT2D eigenvalue weighted by Crippen LogP contribution is -2.12. The van der Waals surface area contributed by atoms with Crippen molar-refractivity contribution in [2.45, 2.75) is 12.3 Å². The molecule has 0 saturated carbocycles. The highest BCUT2D eigenvalue weighted by molar-refractivity contribution is 7.79. The molecule has 0 unspecified atom stereocenters. The van der Waals surface area contributed by atoms with Crippen LogP contribution in [0, 0.1) is 0 Å². The molecule has 0 atom stereocenters. The Morgan fingerprint density at radius 2 is 2.05 bits per heavy atom. The summed E-state index contributed by atoms with van der Waals surface area (Å²) in [6.45, 7) is 0.528. The first-order valence-corrected chi connectivity index (χ1v) is 6.38. The third-order valence-electron chi connectivity index (χ3n) is 2.75. The van der Waals surface area contributed by atoms with E-state index in [9.17, 15) is 4.79 Å². The number of benzene rings is 1. The number of nitrogens with one attached hydrogen (secondary N) is 1. The molecule has 0 bridgehead atoms. The molecule has 0 aliphatic carbocycles. The van der Waals surface area contributed by atoms with Gasteiger partial charge in [-0.25, -0.2) is 9.67 Å². The molecular formula is C12H11N5OS. The Labute approximate surface area is 113 Å². The van der Waals surface area contributed by atoms with Gasteiger partial charge < -0.3 is 4.98 Å². The molecule has 19 heavy (non-hydrogen) atoms. The second-order valence-corrected chi connectivity index (χ2v) is 4.39. The van der Waals surface area contributed by atoms with Crippen molar-refractivity contribution in [1.82, 2.24) is 25.0 Å². The first kappa shape index (κ1) is 11.9. The quantitative estimate of drug-likeness (QED) is 0.698. The minimum absolute atomic E-state index is 0.251. The van der Waals surface area contributed by atoms with Gasteiger partial charge in [0.25, 0.3) is 5.56 Å². The maximum absolute atomic E-state index is 11.8. The number of thiol groups is 1. The highest BCUT2D eigenvalue weighted by atomic mass is 32.1. The van der Waals surface area contributed by atoms with Crippen molar-refractivity contribution in [3.8, 4) is 0 Å². The van der Waals surface area contributed by atoms with Crippen LogP contribution in [0.1, 0.15) is 11.4 Å². The number of fused-ring (bicyclic) bond motifs is 1. The van der Waals surface area contributed by atoms with Crippen LogP contribution in [-0.2, 0) is 12.3 Å². The zero-order valence-corrected chi connectivity index (χ0v) is 10.8. The number of hydrogen-bond donors (Lipinski definition) is 2. The summed E-state index contributed by atoms with van der Waals surface area (Å²) >= 11 is 4.11. The van der Waals surface area contributed by atoms with Crippen molar-refractivity contribution in [3.05, 3.63) is 52.1 Å². The monoisotopic (exact) mass is 273 g/mol. The minimum Gasteiger partial charge on any atom is -0.308 e. The van der Waals surface area contributed by atoms with Crippen LogP contribution in [0.2, 0.25) is 0 Å². The number of aromatic nitrogens is 5. The Morgan fingerprint density at radius 3 is 2.79 bits per heavy atom. The molecule has 0 spiro atoms. The normalized spacial score (nSPS) is 11.0. The molecule has 3 rings (SSSR count). The second-order valence-electron chi connectivity index (χ2n) is 4.08. The lowest BCUT2D eigenvalue weighted by atomic mass is 10.2. The Bertz CT molecular complexity index is 765. The van der Waals surface area contributed by atoms with E-state index in [0.717, 1.165) is 5.56 Å². The van der Waals surface area contributed by atoms with Crippen LogP contribution >= 0.6 is 12.6 Å². The summed E-state index contributed by atoms with van der Waals surface area (Å²) in [5.41, 5.74) is 1.52. The Balaban J connectivity index is 2.10. The lowest BCUT2D eigenvalue weighted by molar-refractivity contribution is 0.663. The third-order valence-corrected chi connectivity index (χ3v) is 3.05. The molecule has 0 amide bonds. The SMILES string of the molecule is O=c1[nH]c(CS)nc2c1nnn2Cc1ccccc1. The highest BCUT2D eigenvalue weighted by Gasteiger charge is 2.11. The molecule has 96 valence electrons. The number of hydrogen-bond acceptors (Lipinski definition) is 5. The summed E-state index contributed by atoms with van der Waals surface area (Å²) < 4.78 is 1.62. The van der Waals surface area contributed by atoms with Crippen LogP contribution < -0.4 is 5.56 Å². The Kier molecular flexibility index (Phi) is 3.04. The zero-order valence-electron chi connectivity index (χ0n) is 9.95. The van der Waals surface area contributed by atoms with E-state index in [-0.39, 0.29) is 11.1 Å². The predicted molar refractivity (Wildman–Crippen MR) is 74.2 cm³/mol. The minimum atomic E-state index is -0.284. The van der Waals surface area contributed by atoms with Gasteiger partial charge in [0, 0.05) is 5.75 Å². The van der Waals surface area contributed by atoms with Crippen LogP contribution in [0.4, 0.5) is 0 Å². The predicted octanol–water partition coefficient (Wildman–Crippen LogP) is 0.993. The van der Waals surface area contributed by atoms with Crippen molar-refractivity contribution in [3.63, 3.8) is 0 Å². The van der Waals surface area contributed by atoms with Gasteiger partial charge in [0.1, 0.15) is 5.82 Å². The summed E-state index contributed by atoms with van der Waals surface area (Å²) in [7, 11) is 0. The van der Waals surface area contributed by atoms with E-state index in [2.05, 4.69) is 32.9 Å². The molecule has 6 nitrogen and oxygen atoms in total. The molecule has 3 aromatic rings. The fourth-order valence-electron chi connectivity index (χ4n) is 1.85. The molecule has 1 aromatic carbocycles. The molecule has 0 saturated heterocycles. The second kappa shape index (κ2) is 4.85. The van der Waals surface area contributed by atoms with E-state index in [0.29, 0.717) is 23.8 Å². The lowest BCUT2D eigenvalue weighted by Gasteiger charge is -2.02. The highest BCUT2D eigenvalue weighted by Crippen LogP contribution is 2.08. The molecule has 0 fully saturated rings. The number of rotatable bonds is 3. The van der Waals surface area contributed by atoms with Crippen LogP contribution in [0.5, 0.6) is 0 Å². The average molecular weight is 273 g/mol. The topological polar surface area (TPSA) is 76.5 Å². The van der Waals surface area contributed by atoms with Gasteiger partial charge in [-0.2, -0.15) is 12.6 Å². The van der Waals surface area contributed by atoms with E-state index >= 15 is 0 Å². The van der Waals surface area contributed by atoms with E-state index in [1.54, 1.807) is 4.68 Å². The molecule has 1 N–H and O–H groups in total. The maximum Gasteiger partial charge on any atom is 0.281 e. The summed E-state index contributed by atoms with van der Waals surface area (Å²) in [6, 6.07) is 9.83. The van der Waals surface area contributed by atoms with E-state index in [1.165, 1.54) is 0 Å². The van der Waals surface area contributed by atoms with Crippen molar-refractivity contribution in [1.29, 1.82) is 0 Å². The molecule has 0 aliphatic heterocycles. The Morgan fingerprint density at radius 1 is 1.26 bits per heavy atom.